The van der Waals surface area contributed by atoms with E-state index in [0.29, 0.717) is 19.3 Å². The maximum Gasteiger partial charge on any atom is 0.306 e. The number of hydrogen-bond donors (Lipinski definition) is 0. The first-order valence-corrected chi connectivity index (χ1v) is 32.8. The zero-order valence-corrected chi connectivity index (χ0v) is 51.8. The Labute approximate surface area is 493 Å². The molecule has 0 aliphatic heterocycles. The van der Waals surface area contributed by atoms with E-state index in [-0.39, 0.29) is 31.1 Å². The number of allylic oxidation sites excluding steroid dienone is 24. The first kappa shape index (κ1) is 75.3. The van der Waals surface area contributed by atoms with Crippen LogP contribution in [-0.4, -0.2) is 37.2 Å². The number of unbranched alkanes of at least 4 members (excludes halogenated alkanes) is 23. The van der Waals surface area contributed by atoms with Gasteiger partial charge in [0.2, 0.25) is 0 Å². The van der Waals surface area contributed by atoms with Gasteiger partial charge in [0, 0.05) is 19.3 Å². The molecule has 1 atom stereocenters. The molecule has 0 rings (SSSR count). The summed E-state index contributed by atoms with van der Waals surface area (Å²) >= 11 is 0. The maximum atomic E-state index is 12.9. The van der Waals surface area contributed by atoms with Gasteiger partial charge in [-0.25, -0.2) is 0 Å². The lowest BCUT2D eigenvalue weighted by Crippen LogP contribution is -2.30. The number of ether oxygens (including phenoxy) is 3. The van der Waals surface area contributed by atoms with Crippen molar-refractivity contribution < 1.29 is 28.6 Å². The highest BCUT2D eigenvalue weighted by Crippen LogP contribution is 2.15. The van der Waals surface area contributed by atoms with Gasteiger partial charge in [0.25, 0.3) is 0 Å². The van der Waals surface area contributed by atoms with Crippen LogP contribution in [0.15, 0.2) is 146 Å². The van der Waals surface area contributed by atoms with Crippen LogP contribution in [0.4, 0.5) is 0 Å². The quantitative estimate of drug-likeness (QED) is 0.0261. The Bertz CT molecular complexity index is 1750. The van der Waals surface area contributed by atoms with E-state index in [1.165, 1.54) is 70.6 Å². The molecule has 0 fully saturated rings. The molecule has 0 saturated heterocycles. The fraction of sp³-hybridized carbons (Fsp3) is 0.635. The van der Waals surface area contributed by atoms with Crippen LogP contribution in [0.25, 0.3) is 0 Å². The minimum absolute atomic E-state index is 0.0990. The molecule has 0 aromatic heterocycles. The predicted molar refractivity (Wildman–Crippen MR) is 348 cm³/mol. The van der Waals surface area contributed by atoms with E-state index < -0.39 is 6.10 Å². The molecule has 6 heteroatoms. The lowest BCUT2D eigenvalue weighted by molar-refractivity contribution is -0.167. The van der Waals surface area contributed by atoms with Crippen LogP contribution >= 0.6 is 0 Å². The summed E-state index contributed by atoms with van der Waals surface area (Å²) in [6, 6.07) is 0. The lowest BCUT2D eigenvalue weighted by atomic mass is 10.1. The summed E-state index contributed by atoms with van der Waals surface area (Å²) in [5.74, 6) is -0.936. The van der Waals surface area contributed by atoms with Crippen molar-refractivity contribution in [3.05, 3.63) is 146 Å². The largest absolute Gasteiger partial charge is 0.462 e. The molecule has 0 spiro atoms. The molecule has 1 unspecified atom stereocenters. The van der Waals surface area contributed by atoms with Gasteiger partial charge in [-0.15, -0.1) is 0 Å². The Hall–Kier alpha value is -4.71. The summed E-state index contributed by atoms with van der Waals surface area (Å²) in [4.78, 5) is 38.3. The van der Waals surface area contributed by atoms with Crippen molar-refractivity contribution in [2.45, 2.75) is 290 Å². The Balaban J connectivity index is 4.38. The smallest absolute Gasteiger partial charge is 0.306 e. The second kappa shape index (κ2) is 66.8. The monoisotopic (exact) mass is 1100 g/mol. The summed E-state index contributed by atoms with van der Waals surface area (Å²) < 4.78 is 16.9. The molecular formula is C74H120O6. The molecule has 0 aliphatic rings. The molecule has 0 bridgehead atoms. The van der Waals surface area contributed by atoms with E-state index in [2.05, 4.69) is 167 Å². The highest BCUT2D eigenvalue weighted by molar-refractivity contribution is 5.71. The van der Waals surface area contributed by atoms with Gasteiger partial charge in [-0.2, -0.15) is 0 Å². The molecule has 0 heterocycles. The van der Waals surface area contributed by atoms with Gasteiger partial charge in [-0.1, -0.05) is 269 Å². The third kappa shape index (κ3) is 64.1. The third-order valence-corrected chi connectivity index (χ3v) is 13.6. The second-order valence-electron chi connectivity index (χ2n) is 21.3. The number of rotatable bonds is 58. The molecule has 0 amide bonds. The molecule has 6 nitrogen and oxygen atoms in total. The van der Waals surface area contributed by atoms with Gasteiger partial charge >= 0.3 is 17.9 Å². The van der Waals surface area contributed by atoms with Crippen molar-refractivity contribution in [2.75, 3.05) is 13.2 Å². The minimum atomic E-state index is -0.803. The van der Waals surface area contributed by atoms with Gasteiger partial charge in [-0.3, -0.25) is 14.4 Å². The topological polar surface area (TPSA) is 78.9 Å². The number of hydrogen-bond acceptors (Lipinski definition) is 6. The Morgan fingerprint density at radius 3 is 0.775 bits per heavy atom. The molecule has 0 aromatic rings. The summed E-state index contributed by atoms with van der Waals surface area (Å²) in [7, 11) is 0. The third-order valence-electron chi connectivity index (χ3n) is 13.6. The standard InChI is InChI=1S/C74H120O6/c1-4-7-10-13-16-19-22-25-28-30-31-32-33-34-35-36-37-38-39-40-41-42-43-44-47-49-52-55-58-61-64-67-73(76)79-70-71(69-78-72(75)66-63-60-57-54-51-48-45-27-24-21-18-15-12-9-6-3)80-74(77)68-65-62-59-56-53-50-46-29-26-23-20-17-14-11-8-5-2/h7,9-10,12,16,18-19,21,25,27-29,31-32,34-35,37-38,40-41,43-46,71H,4-6,8,11,13-15,17,20,22-24,26,30,33,36,39,42,47-70H2,1-3H3/b10-7-,12-9-,19-16-,21-18-,28-25-,32-31-,35-34-,38-37-,41-40-,44-43-,45-27-,46-29-. The van der Waals surface area contributed by atoms with Crippen molar-refractivity contribution in [2.24, 2.45) is 0 Å². The molecule has 452 valence electrons. The summed E-state index contributed by atoms with van der Waals surface area (Å²) in [5, 5.41) is 0. The van der Waals surface area contributed by atoms with Crippen LogP contribution < -0.4 is 0 Å². The minimum Gasteiger partial charge on any atom is -0.462 e. The molecule has 0 N–H and O–H groups in total. The Morgan fingerprint density at radius 2 is 0.487 bits per heavy atom. The van der Waals surface area contributed by atoms with Gasteiger partial charge in [0.05, 0.1) is 0 Å². The Morgan fingerprint density at radius 1 is 0.263 bits per heavy atom. The van der Waals surface area contributed by atoms with E-state index >= 15 is 0 Å². The van der Waals surface area contributed by atoms with E-state index in [0.717, 1.165) is 173 Å². The molecule has 0 aliphatic carbocycles. The summed E-state index contributed by atoms with van der Waals surface area (Å²) in [5.41, 5.74) is 0. The van der Waals surface area contributed by atoms with Crippen LogP contribution in [0.2, 0.25) is 0 Å². The second-order valence-corrected chi connectivity index (χ2v) is 21.3. The fourth-order valence-corrected chi connectivity index (χ4v) is 8.70. The molecule has 80 heavy (non-hydrogen) atoms. The summed E-state index contributed by atoms with van der Waals surface area (Å²) in [6.07, 6.45) is 95.7. The van der Waals surface area contributed by atoms with Gasteiger partial charge < -0.3 is 14.2 Å². The molecule has 0 radical (unpaired) electrons. The predicted octanol–water partition coefficient (Wildman–Crippen LogP) is 22.7. The van der Waals surface area contributed by atoms with Gasteiger partial charge in [-0.05, 0) is 141 Å². The van der Waals surface area contributed by atoms with Gasteiger partial charge in [0.1, 0.15) is 13.2 Å². The summed E-state index contributed by atoms with van der Waals surface area (Å²) in [6.45, 7) is 6.38. The van der Waals surface area contributed by atoms with Crippen LogP contribution in [0.1, 0.15) is 284 Å². The van der Waals surface area contributed by atoms with Crippen LogP contribution in [0, 0.1) is 0 Å². The lowest BCUT2D eigenvalue weighted by Gasteiger charge is -2.18. The number of carbonyl (C=O) groups excluding carboxylic acids is 3. The van der Waals surface area contributed by atoms with Gasteiger partial charge in [0.15, 0.2) is 6.10 Å². The first-order chi connectivity index (χ1) is 39.5. The zero-order valence-electron chi connectivity index (χ0n) is 51.8. The molecule has 0 aromatic carbocycles. The highest BCUT2D eigenvalue weighted by Gasteiger charge is 2.19. The van der Waals surface area contributed by atoms with E-state index in [1.807, 2.05) is 0 Å². The maximum absolute atomic E-state index is 12.9. The van der Waals surface area contributed by atoms with Crippen molar-refractivity contribution in [1.82, 2.24) is 0 Å². The number of esters is 3. The SMILES string of the molecule is CC/C=C\C/C=C\C/C=C\C/C=C\C/C=C\C/C=C\C/C=C\C/C=C\CCCCCCCCC(=O)OCC(COC(=O)CCCCCCC/C=C\C/C=C\C/C=C\CC)OC(=O)CCCCCCC/C=C\CCCCCCCCC. The van der Waals surface area contributed by atoms with Crippen LogP contribution in [-0.2, 0) is 28.6 Å². The van der Waals surface area contributed by atoms with Crippen molar-refractivity contribution in [1.29, 1.82) is 0 Å². The number of carbonyl (C=O) groups is 3. The fourth-order valence-electron chi connectivity index (χ4n) is 8.70. The molecular weight excluding hydrogens is 985 g/mol. The van der Waals surface area contributed by atoms with E-state index in [4.69, 9.17) is 14.2 Å². The van der Waals surface area contributed by atoms with E-state index in [9.17, 15) is 14.4 Å². The van der Waals surface area contributed by atoms with Crippen molar-refractivity contribution >= 4 is 17.9 Å². The average Bonchev–Trinajstić information content (AvgIpc) is 3.46. The van der Waals surface area contributed by atoms with Crippen LogP contribution in [0.3, 0.4) is 0 Å². The average molecular weight is 1110 g/mol. The normalized spacial score (nSPS) is 13.1. The zero-order chi connectivity index (χ0) is 57.8. The Kier molecular flexibility index (Phi) is 62.9. The molecule has 0 saturated carbocycles. The van der Waals surface area contributed by atoms with Crippen molar-refractivity contribution in [3.63, 3.8) is 0 Å². The van der Waals surface area contributed by atoms with Crippen LogP contribution in [0.5, 0.6) is 0 Å². The highest BCUT2D eigenvalue weighted by atomic mass is 16.6. The first-order valence-electron chi connectivity index (χ1n) is 32.8. The van der Waals surface area contributed by atoms with Crippen molar-refractivity contribution in [3.8, 4) is 0 Å². The van der Waals surface area contributed by atoms with E-state index in [1.54, 1.807) is 0 Å².